The fourth-order valence-electron chi connectivity index (χ4n) is 1.93. The van der Waals surface area contributed by atoms with Crippen molar-refractivity contribution in [2.24, 2.45) is 0 Å². The molecule has 0 N–H and O–H groups in total. The summed E-state index contributed by atoms with van der Waals surface area (Å²) in [6, 6.07) is 8.13. The van der Waals surface area contributed by atoms with Crippen LogP contribution in [0.2, 0.25) is 0 Å². The number of benzene rings is 1. The van der Waals surface area contributed by atoms with Gasteiger partial charge in [0.25, 0.3) is 0 Å². The van der Waals surface area contributed by atoms with E-state index in [-0.39, 0.29) is 10.8 Å². The molecule has 0 saturated carbocycles. The Labute approximate surface area is 136 Å². The van der Waals surface area contributed by atoms with Crippen LogP contribution in [0, 0.1) is 0 Å². The Morgan fingerprint density at radius 1 is 1.19 bits per heavy atom. The van der Waals surface area contributed by atoms with Crippen molar-refractivity contribution < 1.29 is 14.3 Å². The van der Waals surface area contributed by atoms with Gasteiger partial charge in [0, 0.05) is 0 Å². The van der Waals surface area contributed by atoms with Crippen LogP contribution in [0.5, 0.6) is 5.75 Å². The first-order valence-corrected chi connectivity index (χ1v) is 8.61. The number of aryl methyl sites for hydroxylation is 1. The Kier molecular flexibility index (Phi) is 9.15. The van der Waals surface area contributed by atoms with Crippen LogP contribution in [0.15, 0.2) is 24.3 Å². The first-order chi connectivity index (χ1) is 10.2. The van der Waals surface area contributed by atoms with Gasteiger partial charge in [0.2, 0.25) is 0 Å². The highest BCUT2D eigenvalue weighted by Gasteiger charge is 2.15. The van der Waals surface area contributed by atoms with Gasteiger partial charge in [-0.1, -0.05) is 41.4 Å². The first-order valence-electron chi connectivity index (χ1n) is 7.69. The monoisotopic (exact) mass is 356 g/mol. The molecule has 0 heterocycles. The van der Waals surface area contributed by atoms with Gasteiger partial charge in [-0.3, -0.25) is 4.79 Å². The van der Waals surface area contributed by atoms with E-state index in [9.17, 15) is 4.79 Å². The van der Waals surface area contributed by atoms with Crippen molar-refractivity contribution >= 4 is 21.9 Å². The van der Waals surface area contributed by atoms with Crippen LogP contribution in [-0.4, -0.2) is 24.0 Å². The van der Waals surface area contributed by atoms with Crippen molar-refractivity contribution in [3.63, 3.8) is 0 Å². The average molecular weight is 357 g/mol. The molecule has 0 aliphatic rings. The lowest BCUT2D eigenvalue weighted by atomic mass is 10.1. The number of esters is 1. The molecule has 0 spiro atoms. The zero-order valence-electron chi connectivity index (χ0n) is 12.9. The first kappa shape index (κ1) is 18.0. The van der Waals surface area contributed by atoms with E-state index >= 15 is 0 Å². The number of unbranched alkanes of at least 4 members (excludes halogenated alkanes) is 1. The van der Waals surface area contributed by atoms with Crippen molar-refractivity contribution in [2.75, 3.05) is 13.2 Å². The summed E-state index contributed by atoms with van der Waals surface area (Å²) < 4.78 is 10.6. The number of carbonyl (C=O) groups is 1. The largest absolute Gasteiger partial charge is 0.494 e. The van der Waals surface area contributed by atoms with E-state index in [2.05, 4.69) is 35.0 Å². The maximum absolute atomic E-state index is 11.7. The van der Waals surface area contributed by atoms with Gasteiger partial charge in [-0.15, -0.1) is 0 Å². The third kappa shape index (κ3) is 7.51. The molecule has 0 bridgehead atoms. The Morgan fingerprint density at radius 2 is 1.90 bits per heavy atom. The van der Waals surface area contributed by atoms with Gasteiger partial charge < -0.3 is 9.47 Å². The Balaban J connectivity index is 2.24. The van der Waals surface area contributed by atoms with Crippen LogP contribution < -0.4 is 4.74 Å². The number of hydrogen-bond acceptors (Lipinski definition) is 3. The summed E-state index contributed by atoms with van der Waals surface area (Å²) in [6.45, 7) is 5.26. The summed E-state index contributed by atoms with van der Waals surface area (Å²) in [5.41, 5.74) is 1.26. The van der Waals surface area contributed by atoms with Gasteiger partial charge in [0.05, 0.1) is 13.2 Å². The molecular formula is C17H25BrO3. The smallest absolute Gasteiger partial charge is 0.319 e. The number of carbonyl (C=O) groups excluding carboxylic acids is 1. The molecule has 1 unspecified atom stereocenters. The minimum Gasteiger partial charge on any atom is -0.494 e. The Morgan fingerprint density at radius 3 is 2.52 bits per heavy atom. The summed E-state index contributed by atoms with van der Waals surface area (Å²) in [6.07, 6.45) is 4.66. The van der Waals surface area contributed by atoms with Crippen molar-refractivity contribution in [1.29, 1.82) is 0 Å². The van der Waals surface area contributed by atoms with Crippen LogP contribution in [0.25, 0.3) is 0 Å². The quantitative estimate of drug-likeness (QED) is 0.351. The number of rotatable bonds is 10. The summed E-state index contributed by atoms with van der Waals surface area (Å²) in [7, 11) is 0. The molecule has 0 amide bonds. The molecule has 0 aliphatic heterocycles. The van der Waals surface area contributed by atoms with Crippen molar-refractivity contribution in [1.82, 2.24) is 0 Å². The molecule has 1 rings (SSSR count). The minimum atomic E-state index is -0.197. The highest BCUT2D eigenvalue weighted by molar-refractivity contribution is 9.10. The Bertz CT molecular complexity index is 403. The summed E-state index contributed by atoms with van der Waals surface area (Å²) >= 11 is 3.41. The van der Waals surface area contributed by atoms with Crippen LogP contribution in [-0.2, 0) is 16.0 Å². The third-order valence-electron chi connectivity index (χ3n) is 3.16. The van der Waals surface area contributed by atoms with Crippen LogP contribution in [0.4, 0.5) is 0 Å². The van der Waals surface area contributed by atoms with Gasteiger partial charge in [-0.2, -0.15) is 0 Å². The third-order valence-corrected chi connectivity index (χ3v) is 3.99. The van der Waals surface area contributed by atoms with E-state index in [0.29, 0.717) is 13.2 Å². The maximum atomic E-state index is 11.7. The van der Waals surface area contributed by atoms with Gasteiger partial charge in [0.1, 0.15) is 10.6 Å². The summed E-state index contributed by atoms with van der Waals surface area (Å²) in [4.78, 5) is 11.5. The molecule has 0 saturated heterocycles. The van der Waals surface area contributed by atoms with Crippen LogP contribution >= 0.6 is 15.9 Å². The van der Waals surface area contributed by atoms with Gasteiger partial charge in [-0.05, 0) is 50.3 Å². The number of hydrogen-bond donors (Lipinski definition) is 0. The molecular weight excluding hydrogens is 332 g/mol. The number of ether oxygens (including phenoxy) is 2. The van der Waals surface area contributed by atoms with Crippen molar-refractivity contribution in [3.8, 4) is 5.75 Å². The number of halogens is 1. The van der Waals surface area contributed by atoms with E-state index in [0.717, 1.165) is 37.9 Å². The minimum absolute atomic E-state index is 0.143. The highest BCUT2D eigenvalue weighted by atomic mass is 79.9. The van der Waals surface area contributed by atoms with E-state index in [1.54, 1.807) is 0 Å². The van der Waals surface area contributed by atoms with Gasteiger partial charge in [0.15, 0.2) is 0 Å². The highest BCUT2D eigenvalue weighted by Crippen LogP contribution is 2.16. The van der Waals surface area contributed by atoms with E-state index in [1.165, 1.54) is 5.56 Å². The van der Waals surface area contributed by atoms with Crippen LogP contribution in [0.3, 0.4) is 0 Å². The molecule has 4 heteroatoms. The van der Waals surface area contributed by atoms with E-state index in [1.807, 2.05) is 19.1 Å². The molecule has 0 fully saturated rings. The van der Waals surface area contributed by atoms with Gasteiger partial charge in [-0.25, -0.2) is 0 Å². The number of alkyl halides is 1. The molecule has 118 valence electrons. The molecule has 1 atom stereocenters. The lowest BCUT2D eigenvalue weighted by Gasteiger charge is -2.10. The lowest BCUT2D eigenvalue weighted by molar-refractivity contribution is -0.143. The SMILES string of the molecule is CCCCOC(=O)C(Br)CCCc1ccc(OCC)cc1. The molecule has 0 aromatic heterocycles. The van der Waals surface area contributed by atoms with Crippen LogP contribution in [0.1, 0.15) is 45.1 Å². The van der Waals surface area contributed by atoms with Crippen molar-refractivity contribution in [2.45, 2.75) is 50.8 Å². The van der Waals surface area contributed by atoms with Gasteiger partial charge >= 0.3 is 5.97 Å². The second-order valence-corrected chi connectivity index (χ2v) is 6.06. The summed E-state index contributed by atoms with van der Waals surface area (Å²) in [5.74, 6) is 0.759. The topological polar surface area (TPSA) is 35.5 Å². The lowest BCUT2D eigenvalue weighted by Crippen LogP contribution is -2.18. The van der Waals surface area contributed by atoms with Crippen molar-refractivity contribution in [3.05, 3.63) is 29.8 Å². The Hall–Kier alpha value is -1.03. The van der Waals surface area contributed by atoms with E-state index < -0.39 is 0 Å². The molecule has 3 nitrogen and oxygen atoms in total. The molecule has 0 aliphatic carbocycles. The fraction of sp³-hybridized carbons (Fsp3) is 0.588. The second kappa shape index (κ2) is 10.7. The molecule has 1 aromatic carbocycles. The normalized spacial score (nSPS) is 12.0. The molecule has 0 radical (unpaired) electrons. The standard InChI is InChI=1S/C17H25BrO3/c1-3-5-13-21-17(19)16(18)8-6-7-14-9-11-15(12-10-14)20-4-2/h9-12,16H,3-8,13H2,1-2H3. The fourth-order valence-corrected chi connectivity index (χ4v) is 2.39. The zero-order valence-corrected chi connectivity index (χ0v) is 14.5. The predicted octanol–water partition coefficient (Wildman–Crippen LogP) is 4.51. The maximum Gasteiger partial charge on any atom is 0.319 e. The van der Waals surface area contributed by atoms with E-state index in [4.69, 9.17) is 9.47 Å². The molecule has 1 aromatic rings. The zero-order chi connectivity index (χ0) is 15.5. The second-order valence-electron chi connectivity index (χ2n) is 4.96. The average Bonchev–Trinajstić information content (AvgIpc) is 2.49. The summed E-state index contributed by atoms with van der Waals surface area (Å²) in [5, 5.41) is 0. The molecule has 21 heavy (non-hydrogen) atoms. The predicted molar refractivity (Wildman–Crippen MR) is 89.1 cm³/mol.